The summed E-state index contributed by atoms with van der Waals surface area (Å²) < 4.78 is 10.8. The van der Waals surface area contributed by atoms with E-state index < -0.39 is 6.10 Å². The highest BCUT2D eigenvalue weighted by Gasteiger charge is 2.24. The second-order valence-corrected chi connectivity index (χ2v) is 5.12. The molecular formula is C13H15Cl2NO3. The van der Waals surface area contributed by atoms with Gasteiger partial charge in [0.15, 0.2) is 6.10 Å². The Morgan fingerprint density at radius 2 is 2.05 bits per heavy atom. The van der Waals surface area contributed by atoms with Crippen LogP contribution in [0, 0.1) is 0 Å². The van der Waals surface area contributed by atoms with Crippen molar-refractivity contribution in [2.45, 2.75) is 13.0 Å². The maximum Gasteiger partial charge on any atom is 0.263 e. The van der Waals surface area contributed by atoms with Crippen LogP contribution in [-0.2, 0) is 9.53 Å². The highest BCUT2D eigenvalue weighted by atomic mass is 35.5. The summed E-state index contributed by atoms with van der Waals surface area (Å²) in [5, 5.41) is 0.955. The smallest absolute Gasteiger partial charge is 0.263 e. The monoisotopic (exact) mass is 303 g/mol. The lowest BCUT2D eigenvalue weighted by Crippen LogP contribution is -2.46. The van der Waals surface area contributed by atoms with Gasteiger partial charge in [-0.05, 0) is 19.1 Å². The number of halogens is 2. The second-order valence-electron chi connectivity index (χ2n) is 4.27. The van der Waals surface area contributed by atoms with Gasteiger partial charge in [-0.25, -0.2) is 0 Å². The van der Waals surface area contributed by atoms with Crippen molar-refractivity contribution in [1.29, 1.82) is 0 Å². The molecule has 0 radical (unpaired) electrons. The molecule has 1 amide bonds. The second kappa shape index (κ2) is 6.46. The first-order valence-corrected chi connectivity index (χ1v) is 6.82. The van der Waals surface area contributed by atoms with E-state index in [9.17, 15) is 4.79 Å². The minimum atomic E-state index is -0.603. The van der Waals surface area contributed by atoms with E-state index in [2.05, 4.69) is 0 Å². The van der Waals surface area contributed by atoms with Gasteiger partial charge in [-0.2, -0.15) is 0 Å². The standard InChI is InChI=1S/C13H15Cl2NO3/c1-9(13(17)16-4-6-18-7-5-16)19-12-8-10(14)2-3-11(12)15/h2-3,8-9H,4-7H2,1H3/t9-/m1/s1. The lowest BCUT2D eigenvalue weighted by Gasteiger charge is -2.29. The molecule has 1 saturated heterocycles. The Bertz CT molecular complexity index is 461. The maximum atomic E-state index is 12.2. The first-order valence-electron chi connectivity index (χ1n) is 6.06. The van der Waals surface area contributed by atoms with Crippen molar-refractivity contribution in [2.75, 3.05) is 26.3 Å². The van der Waals surface area contributed by atoms with Gasteiger partial charge in [-0.1, -0.05) is 23.2 Å². The Labute approximate surface area is 122 Å². The van der Waals surface area contributed by atoms with Crippen LogP contribution in [0.3, 0.4) is 0 Å². The minimum Gasteiger partial charge on any atom is -0.479 e. The van der Waals surface area contributed by atoms with Crippen molar-refractivity contribution in [1.82, 2.24) is 4.90 Å². The zero-order chi connectivity index (χ0) is 13.8. The molecule has 1 aromatic carbocycles. The average molecular weight is 304 g/mol. The van der Waals surface area contributed by atoms with Gasteiger partial charge in [0.1, 0.15) is 5.75 Å². The SMILES string of the molecule is C[C@@H](Oc1cc(Cl)ccc1Cl)C(=O)N1CCOCC1. The van der Waals surface area contributed by atoms with E-state index in [0.29, 0.717) is 42.1 Å². The number of hydrogen-bond acceptors (Lipinski definition) is 3. The van der Waals surface area contributed by atoms with E-state index in [4.69, 9.17) is 32.7 Å². The highest BCUT2D eigenvalue weighted by Crippen LogP contribution is 2.28. The van der Waals surface area contributed by atoms with E-state index in [1.165, 1.54) is 0 Å². The van der Waals surface area contributed by atoms with Crippen molar-refractivity contribution in [3.63, 3.8) is 0 Å². The molecule has 1 aromatic rings. The summed E-state index contributed by atoms with van der Waals surface area (Å²) in [5.74, 6) is 0.350. The van der Waals surface area contributed by atoms with Gasteiger partial charge in [-0.15, -0.1) is 0 Å². The Hall–Kier alpha value is -0.970. The van der Waals surface area contributed by atoms with Crippen molar-refractivity contribution in [3.8, 4) is 5.75 Å². The number of carbonyl (C=O) groups is 1. The number of carbonyl (C=O) groups excluding carboxylic acids is 1. The molecule has 104 valence electrons. The molecule has 0 bridgehead atoms. The molecule has 1 aliphatic rings. The van der Waals surface area contributed by atoms with E-state index in [1.54, 1.807) is 30.0 Å². The van der Waals surface area contributed by atoms with Gasteiger partial charge in [0, 0.05) is 24.2 Å². The molecule has 1 fully saturated rings. The van der Waals surface area contributed by atoms with Gasteiger partial charge < -0.3 is 14.4 Å². The van der Waals surface area contributed by atoms with Gasteiger partial charge in [0.05, 0.1) is 18.2 Å². The molecule has 19 heavy (non-hydrogen) atoms. The van der Waals surface area contributed by atoms with Crippen LogP contribution >= 0.6 is 23.2 Å². The van der Waals surface area contributed by atoms with Crippen molar-refractivity contribution < 1.29 is 14.3 Å². The summed E-state index contributed by atoms with van der Waals surface area (Å²) in [5.41, 5.74) is 0. The number of amides is 1. The molecule has 6 heteroatoms. The molecule has 0 aliphatic carbocycles. The van der Waals surface area contributed by atoms with Crippen LogP contribution in [0.2, 0.25) is 10.0 Å². The Balaban J connectivity index is 2.01. The molecule has 1 heterocycles. The molecule has 4 nitrogen and oxygen atoms in total. The summed E-state index contributed by atoms with van der Waals surface area (Å²) in [6.07, 6.45) is -0.603. The molecule has 0 N–H and O–H groups in total. The third kappa shape index (κ3) is 3.75. The summed E-state index contributed by atoms with van der Waals surface area (Å²) in [7, 11) is 0. The third-order valence-electron chi connectivity index (χ3n) is 2.87. The van der Waals surface area contributed by atoms with Crippen molar-refractivity contribution in [3.05, 3.63) is 28.2 Å². The fraction of sp³-hybridized carbons (Fsp3) is 0.462. The fourth-order valence-electron chi connectivity index (χ4n) is 1.85. The van der Waals surface area contributed by atoms with Crippen LogP contribution in [0.15, 0.2) is 18.2 Å². The predicted molar refractivity (Wildman–Crippen MR) is 74.0 cm³/mol. The minimum absolute atomic E-state index is 0.0701. The Kier molecular flexibility index (Phi) is 4.91. The van der Waals surface area contributed by atoms with Crippen LogP contribution in [0.1, 0.15) is 6.92 Å². The van der Waals surface area contributed by atoms with Crippen LogP contribution < -0.4 is 4.74 Å². The first kappa shape index (κ1) is 14.4. The average Bonchev–Trinajstić information content (AvgIpc) is 2.43. The highest BCUT2D eigenvalue weighted by molar-refractivity contribution is 6.34. The number of hydrogen-bond donors (Lipinski definition) is 0. The van der Waals surface area contributed by atoms with Gasteiger partial charge in [0.2, 0.25) is 0 Å². The molecule has 0 spiro atoms. The van der Waals surface area contributed by atoms with Crippen LogP contribution in [0.5, 0.6) is 5.75 Å². The number of rotatable bonds is 3. The third-order valence-corrected chi connectivity index (χ3v) is 3.41. The van der Waals surface area contributed by atoms with Crippen LogP contribution in [-0.4, -0.2) is 43.2 Å². The van der Waals surface area contributed by atoms with E-state index in [1.807, 2.05) is 0 Å². The predicted octanol–water partition coefficient (Wildman–Crippen LogP) is 2.62. The number of nitrogens with zero attached hydrogens (tertiary/aromatic N) is 1. The number of benzene rings is 1. The van der Waals surface area contributed by atoms with Crippen molar-refractivity contribution in [2.24, 2.45) is 0 Å². The number of ether oxygens (including phenoxy) is 2. The van der Waals surface area contributed by atoms with Gasteiger partial charge >= 0.3 is 0 Å². The molecule has 0 unspecified atom stereocenters. The summed E-state index contributed by atoms with van der Waals surface area (Å²) in [4.78, 5) is 13.9. The first-order chi connectivity index (χ1) is 9.08. The molecule has 2 rings (SSSR count). The van der Waals surface area contributed by atoms with Crippen molar-refractivity contribution >= 4 is 29.1 Å². The van der Waals surface area contributed by atoms with E-state index in [0.717, 1.165) is 0 Å². The lowest BCUT2D eigenvalue weighted by atomic mass is 10.3. The molecule has 0 saturated carbocycles. The topological polar surface area (TPSA) is 38.8 Å². The Morgan fingerprint density at radius 1 is 1.37 bits per heavy atom. The van der Waals surface area contributed by atoms with E-state index >= 15 is 0 Å². The van der Waals surface area contributed by atoms with Crippen LogP contribution in [0.25, 0.3) is 0 Å². The molecule has 1 atom stereocenters. The fourth-order valence-corrected chi connectivity index (χ4v) is 2.17. The lowest BCUT2D eigenvalue weighted by molar-refractivity contribution is -0.142. The van der Waals surface area contributed by atoms with Gasteiger partial charge in [0.25, 0.3) is 5.91 Å². The maximum absolute atomic E-state index is 12.2. The zero-order valence-corrected chi connectivity index (χ0v) is 12.1. The quantitative estimate of drug-likeness (QED) is 0.861. The zero-order valence-electron chi connectivity index (χ0n) is 10.6. The molecule has 0 aromatic heterocycles. The normalized spacial score (nSPS) is 17.1. The molecule has 1 aliphatic heterocycles. The summed E-state index contributed by atoms with van der Waals surface area (Å²) in [6.45, 7) is 4.02. The summed E-state index contributed by atoms with van der Waals surface area (Å²) >= 11 is 11.9. The van der Waals surface area contributed by atoms with Crippen LogP contribution in [0.4, 0.5) is 0 Å². The molecular weight excluding hydrogens is 289 g/mol. The summed E-state index contributed by atoms with van der Waals surface area (Å²) in [6, 6.07) is 4.92. The number of morpholine rings is 1. The van der Waals surface area contributed by atoms with Gasteiger partial charge in [-0.3, -0.25) is 4.79 Å². The Morgan fingerprint density at radius 3 is 2.74 bits per heavy atom. The largest absolute Gasteiger partial charge is 0.479 e. The van der Waals surface area contributed by atoms with E-state index in [-0.39, 0.29) is 5.91 Å².